The Balaban J connectivity index is 1.81. The topological polar surface area (TPSA) is 104 Å². The van der Waals surface area contributed by atoms with Gasteiger partial charge in [-0.05, 0) is 84.3 Å². The summed E-state index contributed by atoms with van der Waals surface area (Å²) in [5.74, 6) is -0.783. The fourth-order valence-electron chi connectivity index (χ4n) is 4.28. The Morgan fingerprint density at radius 3 is 2.26 bits per heavy atom. The predicted octanol–water partition coefficient (Wildman–Crippen LogP) is 2.24. The number of carbonyl (C=O) groups excluding carboxylic acids is 1. The van der Waals surface area contributed by atoms with E-state index in [4.69, 9.17) is 0 Å². The van der Waals surface area contributed by atoms with Gasteiger partial charge in [0.05, 0.1) is 21.8 Å². The molecule has 0 unspecified atom stereocenters. The van der Waals surface area contributed by atoms with E-state index >= 15 is 0 Å². The molecule has 0 radical (unpaired) electrons. The van der Waals surface area contributed by atoms with Gasteiger partial charge in [0.25, 0.3) is 0 Å². The highest BCUT2D eigenvalue weighted by molar-refractivity contribution is 7.94. The first-order chi connectivity index (χ1) is 14.2. The van der Waals surface area contributed by atoms with E-state index in [0.29, 0.717) is 5.56 Å². The number of nitrogens with zero attached hydrogens (tertiary/aromatic N) is 2. The summed E-state index contributed by atoms with van der Waals surface area (Å²) < 4.78 is 54.5. The van der Waals surface area contributed by atoms with Crippen LogP contribution in [0.1, 0.15) is 52.5 Å². The van der Waals surface area contributed by atoms with E-state index in [1.165, 1.54) is 24.6 Å². The van der Waals surface area contributed by atoms with Gasteiger partial charge >= 0.3 is 0 Å². The number of nitrogens with one attached hydrogen (secondary N) is 1. The molecule has 0 bridgehead atoms. The molecule has 174 valence electrons. The van der Waals surface area contributed by atoms with Crippen molar-refractivity contribution in [1.29, 1.82) is 0 Å². The Morgan fingerprint density at radius 2 is 1.74 bits per heavy atom. The number of piperidine rings is 1. The number of hydrogen-bond acceptors (Lipinski definition) is 6. The molecule has 2 saturated heterocycles. The molecular weight excluding hydrogens is 438 g/mol. The fraction of sp³-hybridized carbons (Fsp3) is 0.667. The minimum atomic E-state index is -3.80. The van der Waals surface area contributed by atoms with Crippen LogP contribution in [0.15, 0.2) is 23.1 Å². The Hall–Kier alpha value is -1.49. The summed E-state index contributed by atoms with van der Waals surface area (Å²) >= 11 is 0. The third kappa shape index (κ3) is 4.81. The minimum Gasteiger partial charge on any atom is -0.297 e. The number of benzene rings is 1. The number of amides is 1. The summed E-state index contributed by atoms with van der Waals surface area (Å²) in [5, 5.41) is 0. The first kappa shape index (κ1) is 24.2. The van der Waals surface area contributed by atoms with Crippen LogP contribution in [0, 0.1) is 12.3 Å². The molecule has 31 heavy (non-hydrogen) atoms. The lowest BCUT2D eigenvalue weighted by Gasteiger charge is -2.41. The van der Waals surface area contributed by atoms with Crippen LogP contribution in [0.4, 0.5) is 5.69 Å². The van der Waals surface area contributed by atoms with Crippen molar-refractivity contribution in [2.24, 2.45) is 5.41 Å². The third-order valence-electron chi connectivity index (χ3n) is 6.17. The molecule has 1 aromatic carbocycles. The predicted molar refractivity (Wildman–Crippen MR) is 121 cm³/mol. The lowest BCUT2D eigenvalue weighted by Crippen LogP contribution is -2.53. The molecule has 0 aromatic heterocycles. The van der Waals surface area contributed by atoms with Gasteiger partial charge < -0.3 is 0 Å². The zero-order chi connectivity index (χ0) is 23.2. The second-order valence-corrected chi connectivity index (χ2v) is 13.4. The smallest absolute Gasteiger partial charge is 0.247 e. The maximum Gasteiger partial charge on any atom is 0.247 e. The van der Waals surface area contributed by atoms with Crippen LogP contribution >= 0.6 is 0 Å². The molecule has 1 amide bonds. The van der Waals surface area contributed by atoms with Gasteiger partial charge in [0.15, 0.2) is 0 Å². The monoisotopic (exact) mass is 471 g/mol. The number of hydrogen-bond donors (Lipinski definition) is 1. The molecule has 2 aliphatic rings. The average molecular weight is 472 g/mol. The summed E-state index contributed by atoms with van der Waals surface area (Å²) in [7, 11) is -7.59. The SMILES string of the molecule is Cc1cc(N2C(=O)C(C)(C)CS2(=O)=O)ccc1S(=O)(=O)NCC(C)(C)N1CCCCC1. The first-order valence-electron chi connectivity index (χ1n) is 10.6. The number of sulfonamides is 2. The van der Waals surface area contributed by atoms with Crippen molar-refractivity contribution in [2.45, 2.75) is 64.3 Å². The summed E-state index contributed by atoms with van der Waals surface area (Å²) in [6.45, 7) is 11.0. The van der Waals surface area contributed by atoms with Gasteiger partial charge in [-0.25, -0.2) is 25.9 Å². The molecular formula is C21H33N3O5S2. The first-order valence-corrected chi connectivity index (χ1v) is 13.7. The largest absolute Gasteiger partial charge is 0.297 e. The van der Waals surface area contributed by atoms with E-state index < -0.39 is 31.4 Å². The van der Waals surface area contributed by atoms with Crippen LogP contribution in [0.3, 0.4) is 0 Å². The van der Waals surface area contributed by atoms with E-state index in [-0.39, 0.29) is 28.4 Å². The molecule has 10 heteroatoms. The van der Waals surface area contributed by atoms with Crippen LogP contribution < -0.4 is 9.03 Å². The molecule has 1 N–H and O–H groups in total. The van der Waals surface area contributed by atoms with Crippen molar-refractivity contribution >= 4 is 31.6 Å². The highest BCUT2D eigenvalue weighted by Gasteiger charge is 2.50. The highest BCUT2D eigenvalue weighted by atomic mass is 32.2. The Kier molecular flexibility index (Phi) is 6.34. The molecule has 0 spiro atoms. The van der Waals surface area contributed by atoms with Gasteiger partial charge in [-0.3, -0.25) is 9.69 Å². The third-order valence-corrected chi connectivity index (χ3v) is 9.76. The molecule has 0 aliphatic carbocycles. The van der Waals surface area contributed by atoms with Crippen LogP contribution in [-0.2, 0) is 24.8 Å². The Bertz CT molecular complexity index is 1070. The maximum absolute atomic E-state index is 13.0. The zero-order valence-corrected chi connectivity index (χ0v) is 20.6. The number of rotatable bonds is 6. The van der Waals surface area contributed by atoms with Crippen LogP contribution in [0.5, 0.6) is 0 Å². The van der Waals surface area contributed by atoms with Gasteiger partial charge in [0.1, 0.15) is 0 Å². The fourth-order valence-corrected chi connectivity index (χ4v) is 7.81. The van der Waals surface area contributed by atoms with E-state index in [1.807, 2.05) is 13.8 Å². The number of carbonyl (C=O) groups is 1. The molecule has 1 aromatic rings. The number of likely N-dealkylation sites (tertiary alicyclic amines) is 1. The normalized spacial score (nSPS) is 22.1. The van der Waals surface area contributed by atoms with E-state index in [9.17, 15) is 21.6 Å². The van der Waals surface area contributed by atoms with Gasteiger partial charge in [-0.15, -0.1) is 0 Å². The summed E-state index contributed by atoms with van der Waals surface area (Å²) in [4.78, 5) is 15.0. The quantitative estimate of drug-likeness (QED) is 0.682. The Labute approximate surface area is 186 Å². The van der Waals surface area contributed by atoms with Crippen molar-refractivity contribution in [1.82, 2.24) is 9.62 Å². The summed E-state index contributed by atoms with van der Waals surface area (Å²) in [6.07, 6.45) is 3.44. The lowest BCUT2D eigenvalue weighted by atomic mass is 9.95. The van der Waals surface area contributed by atoms with Gasteiger partial charge in [-0.1, -0.05) is 6.42 Å². The number of aryl methyl sites for hydroxylation is 1. The molecule has 2 aliphatic heterocycles. The average Bonchev–Trinajstić information content (AvgIpc) is 2.83. The van der Waals surface area contributed by atoms with Crippen molar-refractivity contribution in [3.05, 3.63) is 23.8 Å². The van der Waals surface area contributed by atoms with E-state index in [2.05, 4.69) is 9.62 Å². The molecule has 2 fully saturated rings. The lowest BCUT2D eigenvalue weighted by molar-refractivity contribution is -0.123. The van der Waals surface area contributed by atoms with Gasteiger partial charge in [0, 0.05) is 12.1 Å². The second kappa shape index (κ2) is 8.13. The molecule has 0 saturated carbocycles. The van der Waals surface area contributed by atoms with E-state index in [0.717, 1.165) is 30.2 Å². The standard InChI is InChI=1S/C21H33N3O5S2/c1-16-13-17(24-19(25)20(2,3)15-30(24,26)27)9-10-18(16)31(28,29)22-14-21(4,5)23-11-7-6-8-12-23/h9-10,13,22H,6-8,11-12,14-15H2,1-5H3. The second-order valence-electron chi connectivity index (χ2n) is 9.84. The molecule has 8 nitrogen and oxygen atoms in total. The molecule has 3 rings (SSSR count). The van der Waals surface area contributed by atoms with Crippen molar-refractivity contribution in [2.75, 3.05) is 29.7 Å². The maximum atomic E-state index is 13.0. The van der Waals surface area contributed by atoms with Crippen molar-refractivity contribution in [3.8, 4) is 0 Å². The van der Waals surface area contributed by atoms with Gasteiger partial charge in [0.2, 0.25) is 26.0 Å². The van der Waals surface area contributed by atoms with E-state index in [1.54, 1.807) is 20.8 Å². The minimum absolute atomic E-state index is 0.0778. The Morgan fingerprint density at radius 1 is 1.13 bits per heavy atom. The van der Waals surface area contributed by atoms with Crippen molar-refractivity contribution in [3.63, 3.8) is 0 Å². The van der Waals surface area contributed by atoms with Crippen LogP contribution in [-0.4, -0.2) is 58.6 Å². The van der Waals surface area contributed by atoms with Crippen LogP contribution in [0.25, 0.3) is 0 Å². The molecule has 2 heterocycles. The summed E-state index contributed by atoms with van der Waals surface area (Å²) in [6, 6.07) is 4.20. The van der Waals surface area contributed by atoms with Crippen LogP contribution in [0.2, 0.25) is 0 Å². The van der Waals surface area contributed by atoms with Crippen molar-refractivity contribution < 1.29 is 21.6 Å². The zero-order valence-electron chi connectivity index (χ0n) is 18.9. The molecule has 0 atom stereocenters. The van der Waals surface area contributed by atoms with Gasteiger partial charge in [-0.2, -0.15) is 0 Å². The highest BCUT2D eigenvalue weighted by Crippen LogP contribution is 2.36. The summed E-state index contributed by atoms with van der Waals surface area (Å²) in [5.41, 5.74) is -0.781. The number of anilines is 1.